The van der Waals surface area contributed by atoms with Crippen molar-refractivity contribution in [2.75, 3.05) is 18.5 Å². The fourth-order valence-electron chi connectivity index (χ4n) is 2.89. The molecule has 2 aliphatic rings. The summed E-state index contributed by atoms with van der Waals surface area (Å²) in [4.78, 5) is 12.7. The monoisotopic (exact) mass is 356 g/mol. The number of nitrogens with one attached hydrogen (secondary N) is 2. The van der Waals surface area contributed by atoms with E-state index in [1.54, 1.807) is 12.1 Å². The maximum absolute atomic E-state index is 13.3. The lowest BCUT2D eigenvalue weighted by molar-refractivity contribution is -0.122. The molecule has 1 aliphatic carbocycles. The maximum Gasteiger partial charge on any atom is 0.247 e. The Labute approximate surface area is 151 Å². The van der Waals surface area contributed by atoms with Gasteiger partial charge >= 0.3 is 0 Å². The van der Waals surface area contributed by atoms with Crippen molar-refractivity contribution >= 4 is 11.6 Å². The van der Waals surface area contributed by atoms with Gasteiger partial charge in [-0.15, -0.1) is 0 Å². The maximum atomic E-state index is 13.3. The number of anilines is 1. The van der Waals surface area contributed by atoms with Gasteiger partial charge in [0.05, 0.1) is 13.2 Å². The van der Waals surface area contributed by atoms with Crippen LogP contribution >= 0.6 is 0 Å². The molecule has 1 heterocycles. The second kappa shape index (κ2) is 7.23. The number of fused-ring (bicyclic) bond motifs is 1. The summed E-state index contributed by atoms with van der Waals surface area (Å²) in [6.07, 6.45) is 2.84. The highest BCUT2D eigenvalue weighted by atomic mass is 19.1. The highest BCUT2D eigenvalue weighted by Crippen LogP contribution is 2.34. The Kier molecular flexibility index (Phi) is 4.65. The zero-order valence-electron chi connectivity index (χ0n) is 14.3. The second-order valence-corrected chi connectivity index (χ2v) is 6.62. The first-order chi connectivity index (χ1) is 12.7. The molecule has 2 aromatic rings. The third-order valence-corrected chi connectivity index (χ3v) is 4.45. The molecule has 136 valence electrons. The number of carbonyl (C=O) groups excluding carboxylic acids is 1. The predicted octanol–water partition coefficient (Wildman–Crippen LogP) is 3.42. The van der Waals surface area contributed by atoms with E-state index in [1.807, 2.05) is 18.2 Å². The van der Waals surface area contributed by atoms with E-state index < -0.39 is 6.04 Å². The summed E-state index contributed by atoms with van der Waals surface area (Å²) in [5, 5.41) is 6.26. The lowest BCUT2D eigenvalue weighted by Gasteiger charge is -2.21. The molecular formula is C20H21FN2O3. The van der Waals surface area contributed by atoms with Crippen molar-refractivity contribution in [3.63, 3.8) is 0 Å². The predicted molar refractivity (Wildman–Crippen MR) is 96.0 cm³/mol. The van der Waals surface area contributed by atoms with Gasteiger partial charge in [-0.3, -0.25) is 4.79 Å². The van der Waals surface area contributed by atoms with Crippen LogP contribution in [0.25, 0.3) is 0 Å². The van der Waals surface area contributed by atoms with Crippen LogP contribution in [0.4, 0.5) is 10.1 Å². The minimum absolute atomic E-state index is 0.119. The number of benzene rings is 2. The Bertz CT molecular complexity index is 790. The van der Waals surface area contributed by atoms with E-state index in [0.29, 0.717) is 30.3 Å². The summed E-state index contributed by atoms with van der Waals surface area (Å²) in [7, 11) is 0. The number of ether oxygens (including phenoxy) is 2. The topological polar surface area (TPSA) is 59.6 Å². The van der Waals surface area contributed by atoms with E-state index in [4.69, 9.17) is 9.47 Å². The summed E-state index contributed by atoms with van der Waals surface area (Å²) in [6.45, 7) is 1.22. The Balaban J connectivity index is 1.58. The zero-order chi connectivity index (χ0) is 17.9. The van der Waals surface area contributed by atoms with Gasteiger partial charge in [0.2, 0.25) is 5.91 Å². The standard InChI is InChI=1S/C20H21FN2O3/c21-14-4-2-13(3-5-14)19(20(24)23-15-6-7-15)22-16-8-9-17-18(12-16)26-11-1-10-25-17/h2-5,8-9,12,15,19,22H,1,6-7,10-11H2,(H,23,24). The van der Waals surface area contributed by atoms with Gasteiger partial charge in [-0.25, -0.2) is 4.39 Å². The minimum atomic E-state index is -0.610. The number of hydrogen-bond acceptors (Lipinski definition) is 4. The fraction of sp³-hybridized carbons (Fsp3) is 0.350. The highest BCUT2D eigenvalue weighted by Gasteiger charge is 2.28. The number of amides is 1. The first kappa shape index (κ1) is 16.7. The lowest BCUT2D eigenvalue weighted by atomic mass is 10.1. The van der Waals surface area contributed by atoms with Crippen molar-refractivity contribution in [3.05, 3.63) is 53.8 Å². The zero-order valence-corrected chi connectivity index (χ0v) is 14.3. The number of hydrogen-bond donors (Lipinski definition) is 2. The molecule has 1 aliphatic heterocycles. The van der Waals surface area contributed by atoms with Crippen LogP contribution in [-0.2, 0) is 4.79 Å². The molecule has 1 saturated carbocycles. The van der Waals surface area contributed by atoms with Crippen LogP contribution in [0.5, 0.6) is 11.5 Å². The van der Waals surface area contributed by atoms with E-state index >= 15 is 0 Å². The van der Waals surface area contributed by atoms with Gasteiger partial charge in [-0.05, 0) is 42.7 Å². The summed E-state index contributed by atoms with van der Waals surface area (Å²) in [5.41, 5.74) is 1.45. The molecule has 1 atom stereocenters. The minimum Gasteiger partial charge on any atom is -0.490 e. The average molecular weight is 356 g/mol. The van der Waals surface area contributed by atoms with Crippen LogP contribution in [0.1, 0.15) is 30.9 Å². The van der Waals surface area contributed by atoms with Crippen LogP contribution in [0, 0.1) is 5.82 Å². The molecule has 26 heavy (non-hydrogen) atoms. The van der Waals surface area contributed by atoms with Gasteiger partial charge in [0.1, 0.15) is 11.9 Å². The van der Waals surface area contributed by atoms with Gasteiger partial charge in [0, 0.05) is 24.2 Å². The van der Waals surface area contributed by atoms with Crippen LogP contribution in [-0.4, -0.2) is 25.2 Å². The molecule has 0 aromatic heterocycles. The van der Waals surface area contributed by atoms with E-state index in [2.05, 4.69) is 10.6 Å². The van der Waals surface area contributed by atoms with Crippen molar-refractivity contribution in [2.45, 2.75) is 31.3 Å². The van der Waals surface area contributed by atoms with Crippen molar-refractivity contribution in [1.82, 2.24) is 5.32 Å². The summed E-state index contributed by atoms with van der Waals surface area (Å²) >= 11 is 0. The van der Waals surface area contributed by atoms with Crippen LogP contribution < -0.4 is 20.1 Å². The van der Waals surface area contributed by atoms with E-state index in [1.165, 1.54) is 12.1 Å². The van der Waals surface area contributed by atoms with E-state index in [9.17, 15) is 9.18 Å². The van der Waals surface area contributed by atoms with Crippen molar-refractivity contribution in [2.24, 2.45) is 0 Å². The SMILES string of the molecule is O=C(NC1CC1)C(Nc1ccc2c(c1)OCCCO2)c1ccc(F)cc1. The molecule has 1 unspecified atom stereocenters. The molecule has 0 spiro atoms. The summed E-state index contributed by atoms with van der Waals surface area (Å²) in [5.74, 6) is 0.915. The Morgan fingerprint density at radius 2 is 1.77 bits per heavy atom. The van der Waals surface area contributed by atoms with E-state index in [0.717, 1.165) is 24.9 Å². The molecule has 2 aromatic carbocycles. The summed E-state index contributed by atoms with van der Waals surface area (Å²) < 4.78 is 24.6. The largest absolute Gasteiger partial charge is 0.490 e. The Morgan fingerprint density at radius 1 is 1.04 bits per heavy atom. The number of rotatable bonds is 5. The molecule has 1 amide bonds. The summed E-state index contributed by atoms with van der Waals surface area (Å²) in [6, 6.07) is 11.1. The Morgan fingerprint density at radius 3 is 2.50 bits per heavy atom. The quantitative estimate of drug-likeness (QED) is 0.862. The smallest absolute Gasteiger partial charge is 0.247 e. The molecular weight excluding hydrogens is 335 g/mol. The third-order valence-electron chi connectivity index (χ3n) is 4.45. The van der Waals surface area contributed by atoms with Crippen molar-refractivity contribution < 1.29 is 18.7 Å². The van der Waals surface area contributed by atoms with Crippen LogP contribution in [0.15, 0.2) is 42.5 Å². The molecule has 5 nitrogen and oxygen atoms in total. The molecule has 0 saturated heterocycles. The number of halogens is 1. The Hall–Kier alpha value is -2.76. The van der Waals surface area contributed by atoms with Gasteiger partial charge < -0.3 is 20.1 Å². The first-order valence-electron chi connectivity index (χ1n) is 8.91. The molecule has 0 bridgehead atoms. The van der Waals surface area contributed by atoms with Gasteiger partial charge in [0.15, 0.2) is 11.5 Å². The van der Waals surface area contributed by atoms with Crippen LogP contribution in [0.3, 0.4) is 0 Å². The van der Waals surface area contributed by atoms with Crippen molar-refractivity contribution in [1.29, 1.82) is 0 Å². The molecule has 2 N–H and O–H groups in total. The molecule has 6 heteroatoms. The van der Waals surface area contributed by atoms with E-state index in [-0.39, 0.29) is 17.8 Å². The fourth-order valence-corrected chi connectivity index (χ4v) is 2.89. The number of carbonyl (C=O) groups is 1. The molecule has 1 fully saturated rings. The second-order valence-electron chi connectivity index (χ2n) is 6.62. The molecule has 0 radical (unpaired) electrons. The van der Waals surface area contributed by atoms with Gasteiger partial charge in [-0.2, -0.15) is 0 Å². The lowest BCUT2D eigenvalue weighted by Crippen LogP contribution is -2.34. The van der Waals surface area contributed by atoms with Crippen LogP contribution in [0.2, 0.25) is 0 Å². The third kappa shape index (κ3) is 3.90. The normalized spacial score (nSPS) is 17.1. The van der Waals surface area contributed by atoms with Crippen molar-refractivity contribution in [3.8, 4) is 11.5 Å². The average Bonchev–Trinajstić information content (AvgIpc) is 3.47. The van der Waals surface area contributed by atoms with Gasteiger partial charge in [-0.1, -0.05) is 12.1 Å². The molecule has 4 rings (SSSR count). The first-order valence-corrected chi connectivity index (χ1v) is 8.91. The van der Waals surface area contributed by atoms with Gasteiger partial charge in [0.25, 0.3) is 0 Å². The highest BCUT2D eigenvalue weighted by molar-refractivity contribution is 5.86.